The minimum atomic E-state index is 0.396. The lowest BCUT2D eigenvalue weighted by atomic mass is 10.1. The van der Waals surface area contributed by atoms with Gasteiger partial charge in [0, 0.05) is 0 Å². The van der Waals surface area contributed by atoms with Crippen LogP contribution in [0.1, 0.15) is 16.7 Å². The van der Waals surface area contributed by atoms with E-state index in [-0.39, 0.29) is 0 Å². The first-order valence-corrected chi connectivity index (χ1v) is 5.39. The van der Waals surface area contributed by atoms with Crippen molar-refractivity contribution in [3.8, 4) is 11.6 Å². The van der Waals surface area contributed by atoms with Crippen molar-refractivity contribution in [1.82, 2.24) is 9.97 Å². The van der Waals surface area contributed by atoms with Crippen LogP contribution in [0.3, 0.4) is 0 Å². The number of nitrogen functional groups attached to an aromatic ring is 1. The molecule has 0 aliphatic rings. The van der Waals surface area contributed by atoms with Crippen LogP contribution in [-0.2, 0) is 0 Å². The van der Waals surface area contributed by atoms with Crippen LogP contribution in [0.25, 0.3) is 0 Å². The second-order valence-corrected chi connectivity index (χ2v) is 4.09. The van der Waals surface area contributed by atoms with E-state index in [1.807, 2.05) is 19.9 Å². The number of ether oxygens (including phenoxy) is 1. The number of hydrogen-bond acceptors (Lipinski definition) is 4. The summed E-state index contributed by atoms with van der Waals surface area (Å²) in [4.78, 5) is 7.84. The molecule has 17 heavy (non-hydrogen) atoms. The van der Waals surface area contributed by atoms with Crippen LogP contribution in [0.15, 0.2) is 24.7 Å². The molecule has 0 amide bonds. The largest absolute Gasteiger partial charge is 0.437 e. The molecule has 0 radical (unpaired) electrons. The number of benzene rings is 1. The van der Waals surface area contributed by atoms with E-state index in [4.69, 9.17) is 10.5 Å². The summed E-state index contributed by atoms with van der Waals surface area (Å²) in [7, 11) is 0. The van der Waals surface area contributed by atoms with E-state index in [0.29, 0.717) is 11.6 Å². The average molecular weight is 229 g/mol. The van der Waals surface area contributed by atoms with Crippen LogP contribution in [-0.4, -0.2) is 9.97 Å². The predicted octanol–water partition coefficient (Wildman–Crippen LogP) is 2.78. The van der Waals surface area contributed by atoms with Crippen LogP contribution in [0, 0.1) is 20.8 Å². The third kappa shape index (κ3) is 2.36. The van der Waals surface area contributed by atoms with E-state index in [0.717, 1.165) is 16.9 Å². The third-order valence-electron chi connectivity index (χ3n) is 2.67. The van der Waals surface area contributed by atoms with Crippen molar-refractivity contribution in [2.24, 2.45) is 0 Å². The number of nitrogens with zero attached hydrogens (tertiary/aromatic N) is 2. The summed E-state index contributed by atoms with van der Waals surface area (Å²) in [5, 5.41) is 0. The summed E-state index contributed by atoms with van der Waals surface area (Å²) in [5.41, 5.74) is 9.61. The maximum atomic E-state index is 5.74. The van der Waals surface area contributed by atoms with Gasteiger partial charge in [-0.1, -0.05) is 6.07 Å². The van der Waals surface area contributed by atoms with Gasteiger partial charge in [0.2, 0.25) is 5.88 Å². The highest BCUT2D eigenvalue weighted by atomic mass is 16.5. The Hall–Kier alpha value is -2.10. The van der Waals surface area contributed by atoms with Gasteiger partial charge in [-0.2, -0.15) is 4.98 Å². The molecule has 0 bridgehead atoms. The van der Waals surface area contributed by atoms with Gasteiger partial charge in [-0.15, -0.1) is 0 Å². The first kappa shape index (κ1) is 11.4. The normalized spacial score (nSPS) is 10.3. The van der Waals surface area contributed by atoms with E-state index in [1.54, 1.807) is 0 Å². The summed E-state index contributed by atoms with van der Waals surface area (Å²) in [5.74, 6) is 1.18. The van der Waals surface area contributed by atoms with E-state index in [1.165, 1.54) is 18.1 Å². The Kier molecular flexibility index (Phi) is 2.95. The molecule has 2 N–H and O–H groups in total. The predicted molar refractivity (Wildman–Crippen MR) is 67.2 cm³/mol. The molecule has 0 fully saturated rings. The lowest BCUT2D eigenvalue weighted by molar-refractivity contribution is 0.460. The minimum absolute atomic E-state index is 0.396. The molecule has 0 saturated carbocycles. The third-order valence-corrected chi connectivity index (χ3v) is 2.67. The summed E-state index contributed by atoms with van der Waals surface area (Å²) in [6, 6.07) is 4.09. The van der Waals surface area contributed by atoms with Crippen molar-refractivity contribution in [2.75, 3.05) is 5.73 Å². The number of anilines is 1. The van der Waals surface area contributed by atoms with Gasteiger partial charge in [0.1, 0.15) is 17.8 Å². The molecular formula is C13H15N3O. The molecule has 4 heteroatoms. The Morgan fingerprint density at radius 3 is 2.65 bits per heavy atom. The Bertz CT molecular complexity index is 552. The Balaban J connectivity index is 2.40. The van der Waals surface area contributed by atoms with Crippen LogP contribution in [0.4, 0.5) is 5.69 Å². The summed E-state index contributed by atoms with van der Waals surface area (Å²) in [6.45, 7) is 6.10. The van der Waals surface area contributed by atoms with Crippen LogP contribution in [0.5, 0.6) is 11.6 Å². The number of aromatic nitrogens is 2. The molecule has 0 atom stereocenters. The molecule has 1 aromatic heterocycles. The van der Waals surface area contributed by atoms with Gasteiger partial charge < -0.3 is 10.5 Å². The zero-order chi connectivity index (χ0) is 12.4. The standard InChI is InChI=1S/C13H15N3O/c1-8-4-9(2)10(3)12(5-8)17-13-11(14)6-15-7-16-13/h4-7H,14H2,1-3H3. The van der Waals surface area contributed by atoms with Gasteiger partial charge in [-0.3, -0.25) is 0 Å². The topological polar surface area (TPSA) is 61.0 Å². The second-order valence-electron chi connectivity index (χ2n) is 4.09. The molecule has 4 nitrogen and oxygen atoms in total. The molecule has 1 aromatic carbocycles. The van der Waals surface area contributed by atoms with Crippen molar-refractivity contribution < 1.29 is 4.74 Å². The summed E-state index contributed by atoms with van der Waals surface area (Å²) >= 11 is 0. The lowest BCUT2D eigenvalue weighted by Gasteiger charge is -2.12. The zero-order valence-corrected chi connectivity index (χ0v) is 10.2. The molecule has 88 valence electrons. The smallest absolute Gasteiger partial charge is 0.245 e. The quantitative estimate of drug-likeness (QED) is 0.860. The first-order valence-electron chi connectivity index (χ1n) is 5.39. The fourth-order valence-corrected chi connectivity index (χ4v) is 1.63. The van der Waals surface area contributed by atoms with Gasteiger partial charge in [0.25, 0.3) is 0 Å². The van der Waals surface area contributed by atoms with Crippen molar-refractivity contribution in [3.05, 3.63) is 41.3 Å². The highest BCUT2D eigenvalue weighted by Crippen LogP contribution is 2.29. The van der Waals surface area contributed by atoms with E-state index >= 15 is 0 Å². The Labute approximate surface area is 100 Å². The molecule has 0 aliphatic heterocycles. The Morgan fingerprint density at radius 2 is 1.94 bits per heavy atom. The fraction of sp³-hybridized carbons (Fsp3) is 0.231. The molecule has 1 heterocycles. The highest BCUT2D eigenvalue weighted by molar-refractivity contribution is 5.49. The maximum absolute atomic E-state index is 5.74. The molecular weight excluding hydrogens is 214 g/mol. The van der Waals surface area contributed by atoms with Crippen LogP contribution in [0.2, 0.25) is 0 Å². The SMILES string of the molecule is Cc1cc(C)c(C)c(Oc2ncncc2N)c1. The minimum Gasteiger partial charge on any atom is -0.437 e. The molecule has 2 rings (SSSR count). The number of nitrogens with two attached hydrogens (primary N) is 1. The fourth-order valence-electron chi connectivity index (χ4n) is 1.63. The zero-order valence-electron chi connectivity index (χ0n) is 10.2. The molecule has 2 aromatic rings. The van der Waals surface area contributed by atoms with E-state index in [9.17, 15) is 0 Å². The van der Waals surface area contributed by atoms with Crippen molar-refractivity contribution >= 4 is 5.69 Å². The molecule has 0 unspecified atom stereocenters. The number of aryl methyl sites for hydroxylation is 2. The molecule has 0 saturated heterocycles. The van der Waals surface area contributed by atoms with E-state index < -0.39 is 0 Å². The molecule has 0 aliphatic carbocycles. The summed E-state index contributed by atoms with van der Waals surface area (Å²) < 4.78 is 5.73. The second kappa shape index (κ2) is 4.41. The van der Waals surface area contributed by atoms with Gasteiger partial charge in [0.15, 0.2) is 0 Å². The van der Waals surface area contributed by atoms with E-state index in [2.05, 4.69) is 23.0 Å². The first-order chi connectivity index (χ1) is 8.08. The number of hydrogen-bond donors (Lipinski definition) is 1. The van der Waals surface area contributed by atoms with Gasteiger partial charge in [-0.05, 0) is 43.5 Å². The monoisotopic (exact) mass is 229 g/mol. The van der Waals surface area contributed by atoms with Gasteiger partial charge >= 0.3 is 0 Å². The summed E-state index contributed by atoms with van der Waals surface area (Å²) in [6.07, 6.45) is 2.95. The van der Waals surface area contributed by atoms with Gasteiger partial charge in [-0.25, -0.2) is 4.98 Å². The van der Waals surface area contributed by atoms with Gasteiger partial charge in [0.05, 0.1) is 6.20 Å². The highest BCUT2D eigenvalue weighted by Gasteiger charge is 2.08. The van der Waals surface area contributed by atoms with Crippen molar-refractivity contribution in [2.45, 2.75) is 20.8 Å². The van der Waals surface area contributed by atoms with Crippen LogP contribution < -0.4 is 10.5 Å². The average Bonchev–Trinajstić information content (AvgIpc) is 2.28. The Morgan fingerprint density at radius 1 is 1.18 bits per heavy atom. The van der Waals surface area contributed by atoms with Crippen LogP contribution >= 0.6 is 0 Å². The number of rotatable bonds is 2. The maximum Gasteiger partial charge on any atom is 0.245 e. The lowest BCUT2D eigenvalue weighted by Crippen LogP contribution is -1.98. The van der Waals surface area contributed by atoms with Crippen molar-refractivity contribution in [1.29, 1.82) is 0 Å². The van der Waals surface area contributed by atoms with Crippen molar-refractivity contribution in [3.63, 3.8) is 0 Å². The molecule has 0 spiro atoms.